The minimum Gasteiger partial charge on any atom is -0.321 e. The Morgan fingerprint density at radius 1 is 0.909 bits per heavy atom. The summed E-state index contributed by atoms with van der Waals surface area (Å²) in [5.74, 6) is -0.370. The van der Waals surface area contributed by atoms with Crippen molar-refractivity contribution in [3.63, 3.8) is 0 Å². The number of carbonyl (C=O) groups is 1. The van der Waals surface area contributed by atoms with Crippen LogP contribution in [0.1, 0.15) is 61.0 Å². The molecule has 1 N–H and O–H groups in total. The standard InChI is InChI=1S/C19H22FNO/c1-12(2)14-9-7-10-15(13(3)4)18(14)21-19(22)16-8-5-6-11-17(16)20/h5-13H,1-4H3,(H,21,22). The van der Waals surface area contributed by atoms with Crippen LogP contribution in [0.2, 0.25) is 0 Å². The maximum absolute atomic E-state index is 13.8. The number of hydrogen-bond donors (Lipinski definition) is 1. The van der Waals surface area contributed by atoms with E-state index in [1.165, 1.54) is 12.1 Å². The van der Waals surface area contributed by atoms with Crippen molar-refractivity contribution in [3.05, 3.63) is 65.0 Å². The predicted octanol–water partition coefficient (Wildman–Crippen LogP) is 5.32. The monoisotopic (exact) mass is 299 g/mol. The van der Waals surface area contributed by atoms with Crippen LogP contribution in [0.4, 0.5) is 10.1 Å². The summed E-state index contributed by atoms with van der Waals surface area (Å²) >= 11 is 0. The summed E-state index contributed by atoms with van der Waals surface area (Å²) in [6, 6.07) is 12.1. The molecule has 0 aromatic heterocycles. The molecule has 0 unspecified atom stereocenters. The Labute approximate surface area is 131 Å². The molecule has 3 heteroatoms. The lowest BCUT2D eigenvalue weighted by Crippen LogP contribution is -2.17. The van der Waals surface area contributed by atoms with Gasteiger partial charge in [0.05, 0.1) is 5.56 Å². The number of benzene rings is 2. The maximum Gasteiger partial charge on any atom is 0.258 e. The molecule has 0 aliphatic rings. The third kappa shape index (κ3) is 3.35. The van der Waals surface area contributed by atoms with E-state index < -0.39 is 11.7 Å². The minimum absolute atomic E-state index is 0.0655. The van der Waals surface area contributed by atoms with Gasteiger partial charge in [-0.1, -0.05) is 58.0 Å². The molecular formula is C19H22FNO. The van der Waals surface area contributed by atoms with Gasteiger partial charge in [-0.25, -0.2) is 4.39 Å². The van der Waals surface area contributed by atoms with Crippen LogP contribution in [0.3, 0.4) is 0 Å². The van der Waals surface area contributed by atoms with Crippen LogP contribution in [0.25, 0.3) is 0 Å². The van der Waals surface area contributed by atoms with Crippen LogP contribution < -0.4 is 5.32 Å². The van der Waals surface area contributed by atoms with Gasteiger partial charge in [0.15, 0.2) is 0 Å². The summed E-state index contributed by atoms with van der Waals surface area (Å²) in [6.07, 6.45) is 0. The first-order valence-electron chi connectivity index (χ1n) is 7.60. The largest absolute Gasteiger partial charge is 0.321 e. The van der Waals surface area contributed by atoms with E-state index >= 15 is 0 Å². The van der Waals surface area contributed by atoms with Crippen LogP contribution in [-0.4, -0.2) is 5.91 Å². The lowest BCUT2D eigenvalue weighted by atomic mass is 9.92. The number of hydrogen-bond acceptors (Lipinski definition) is 1. The van der Waals surface area contributed by atoms with E-state index in [2.05, 4.69) is 33.0 Å². The first kappa shape index (κ1) is 16.2. The van der Waals surface area contributed by atoms with Gasteiger partial charge in [0.25, 0.3) is 5.91 Å². The third-order valence-electron chi connectivity index (χ3n) is 3.73. The molecule has 2 nitrogen and oxygen atoms in total. The molecule has 2 aromatic rings. The Bertz CT molecular complexity index is 651. The fourth-order valence-corrected chi connectivity index (χ4v) is 2.52. The van der Waals surface area contributed by atoms with Crippen LogP contribution in [0.15, 0.2) is 42.5 Å². The molecule has 2 rings (SSSR count). The fraction of sp³-hybridized carbons (Fsp3) is 0.316. The zero-order chi connectivity index (χ0) is 16.3. The van der Waals surface area contributed by atoms with Gasteiger partial charge in [0.2, 0.25) is 0 Å². The van der Waals surface area contributed by atoms with Crippen LogP contribution in [0, 0.1) is 5.82 Å². The highest BCUT2D eigenvalue weighted by Crippen LogP contribution is 2.32. The van der Waals surface area contributed by atoms with E-state index in [-0.39, 0.29) is 17.4 Å². The van der Waals surface area contributed by atoms with Gasteiger partial charge >= 0.3 is 0 Å². The summed E-state index contributed by atoms with van der Waals surface area (Å²) in [4.78, 5) is 12.4. The Hall–Kier alpha value is -2.16. The number of rotatable bonds is 4. The average Bonchev–Trinajstić information content (AvgIpc) is 2.47. The zero-order valence-corrected chi connectivity index (χ0v) is 13.5. The highest BCUT2D eigenvalue weighted by molar-refractivity contribution is 6.05. The van der Waals surface area contributed by atoms with Crippen LogP contribution in [-0.2, 0) is 0 Å². The maximum atomic E-state index is 13.8. The highest BCUT2D eigenvalue weighted by Gasteiger charge is 2.18. The molecule has 0 aliphatic carbocycles. The lowest BCUT2D eigenvalue weighted by Gasteiger charge is -2.20. The first-order valence-corrected chi connectivity index (χ1v) is 7.60. The summed E-state index contributed by atoms with van der Waals surface area (Å²) in [7, 11) is 0. The van der Waals surface area contributed by atoms with Crippen molar-refractivity contribution in [3.8, 4) is 0 Å². The lowest BCUT2D eigenvalue weighted by molar-refractivity contribution is 0.102. The van der Waals surface area contributed by atoms with Crippen molar-refractivity contribution >= 4 is 11.6 Å². The van der Waals surface area contributed by atoms with E-state index in [1.807, 2.05) is 18.2 Å². The Morgan fingerprint density at radius 3 is 1.95 bits per heavy atom. The summed E-state index contributed by atoms with van der Waals surface area (Å²) in [5.41, 5.74) is 3.00. The molecule has 0 bridgehead atoms. The Balaban J connectivity index is 2.44. The number of amides is 1. The number of anilines is 1. The average molecular weight is 299 g/mol. The first-order chi connectivity index (χ1) is 10.4. The molecule has 0 saturated carbocycles. The van der Waals surface area contributed by atoms with Gasteiger partial charge in [-0.05, 0) is 35.1 Å². The molecule has 1 amide bonds. The molecule has 0 aliphatic heterocycles. The van der Waals surface area contributed by atoms with Crippen molar-refractivity contribution in [2.45, 2.75) is 39.5 Å². The van der Waals surface area contributed by atoms with Crippen molar-refractivity contribution in [1.29, 1.82) is 0 Å². The van der Waals surface area contributed by atoms with Gasteiger partial charge in [0.1, 0.15) is 5.82 Å². The second-order valence-electron chi connectivity index (χ2n) is 6.05. The van der Waals surface area contributed by atoms with Gasteiger partial charge < -0.3 is 5.32 Å². The van der Waals surface area contributed by atoms with E-state index in [9.17, 15) is 9.18 Å². The zero-order valence-electron chi connectivity index (χ0n) is 13.5. The quantitative estimate of drug-likeness (QED) is 0.812. The third-order valence-corrected chi connectivity index (χ3v) is 3.73. The van der Waals surface area contributed by atoms with Crippen molar-refractivity contribution in [2.75, 3.05) is 5.32 Å². The topological polar surface area (TPSA) is 29.1 Å². The second kappa shape index (κ2) is 6.73. The molecule has 0 heterocycles. The molecule has 0 fully saturated rings. The minimum atomic E-state index is -0.506. The molecule has 22 heavy (non-hydrogen) atoms. The Kier molecular flexibility index (Phi) is 4.96. The van der Waals surface area contributed by atoms with Crippen LogP contribution in [0.5, 0.6) is 0 Å². The SMILES string of the molecule is CC(C)c1cccc(C(C)C)c1NC(=O)c1ccccc1F. The van der Waals surface area contributed by atoms with Gasteiger partial charge in [-0.3, -0.25) is 4.79 Å². The number of carbonyl (C=O) groups excluding carboxylic acids is 1. The van der Waals surface area contributed by atoms with Crippen molar-refractivity contribution < 1.29 is 9.18 Å². The Morgan fingerprint density at radius 2 is 1.45 bits per heavy atom. The normalized spacial score (nSPS) is 11.0. The number of nitrogens with one attached hydrogen (secondary N) is 1. The molecule has 0 atom stereocenters. The van der Waals surface area contributed by atoms with Crippen molar-refractivity contribution in [2.24, 2.45) is 0 Å². The summed E-state index contributed by atoms with van der Waals surface area (Å²) < 4.78 is 13.8. The molecule has 2 aromatic carbocycles. The predicted molar refractivity (Wildman–Crippen MR) is 89.0 cm³/mol. The van der Waals surface area contributed by atoms with Gasteiger partial charge in [-0.2, -0.15) is 0 Å². The second-order valence-corrected chi connectivity index (χ2v) is 6.05. The summed E-state index contributed by atoms with van der Waals surface area (Å²) in [6.45, 7) is 8.33. The van der Waals surface area contributed by atoms with Crippen LogP contribution >= 0.6 is 0 Å². The highest BCUT2D eigenvalue weighted by atomic mass is 19.1. The fourth-order valence-electron chi connectivity index (χ4n) is 2.52. The van der Waals surface area contributed by atoms with E-state index in [0.29, 0.717) is 0 Å². The molecule has 0 spiro atoms. The molecule has 0 radical (unpaired) electrons. The van der Waals surface area contributed by atoms with E-state index in [1.54, 1.807) is 12.1 Å². The van der Waals surface area contributed by atoms with Crippen molar-refractivity contribution in [1.82, 2.24) is 0 Å². The van der Waals surface area contributed by atoms with E-state index in [0.717, 1.165) is 16.8 Å². The summed E-state index contributed by atoms with van der Waals surface area (Å²) in [5, 5.41) is 2.92. The van der Waals surface area contributed by atoms with Gasteiger partial charge in [-0.15, -0.1) is 0 Å². The number of halogens is 1. The van der Waals surface area contributed by atoms with E-state index in [4.69, 9.17) is 0 Å². The van der Waals surface area contributed by atoms with Gasteiger partial charge in [0, 0.05) is 5.69 Å². The molecule has 0 saturated heterocycles. The molecule has 116 valence electrons. The number of para-hydroxylation sites is 1. The smallest absolute Gasteiger partial charge is 0.258 e. The molecular weight excluding hydrogens is 277 g/mol.